The fraction of sp³-hybridized carbons (Fsp3) is 0.381. The van der Waals surface area contributed by atoms with Crippen LogP contribution in [0.1, 0.15) is 30.7 Å². The topological polar surface area (TPSA) is 47.6 Å². The third-order valence-corrected chi connectivity index (χ3v) is 5.36. The second kappa shape index (κ2) is 7.68. The smallest absolute Gasteiger partial charge is 0.228 e. The van der Waals surface area contributed by atoms with Crippen molar-refractivity contribution in [2.75, 3.05) is 18.5 Å². The van der Waals surface area contributed by atoms with Crippen molar-refractivity contribution in [3.63, 3.8) is 0 Å². The van der Waals surface area contributed by atoms with Gasteiger partial charge in [0.1, 0.15) is 12.4 Å². The van der Waals surface area contributed by atoms with Gasteiger partial charge >= 0.3 is 0 Å². The van der Waals surface area contributed by atoms with E-state index in [1.807, 2.05) is 48.5 Å². The first-order chi connectivity index (χ1) is 12.7. The highest BCUT2D eigenvalue weighted by Gasteiger charge is 2.44. The van der Waals surface area contributed by atoms with Crippen LogP contribution in [-0.2, 0) is 9.53 Å². The van der Waals surface area contributed by atoms with Crippen LogP contribution in [0.4, 0.5) is 5.69 Å². The number of nitrogens with one attached hydrogen (secondary N) is 1. The van der Waals surface area contributed by atoms with E-state index in [-0.39, 0.29) is 23.8 Å². The van der Waals surface area contributed by atoms with Crippen molar-refractivity contribution in [2.45, 2.75) is 31.3 Å². The molecule has 0 bridgehead atoms. The zero-order chi connectivity index (χ0) is 17.9. The first-order valence-electron chi connectivity index (χ1n) is 9.10. The molecule has 2 aromatic rings. The van der Waals surface area contributed by atoms with Gasteiger partial charge in [-0.25, -0.2) is 0 Å². The highest BCUT2D eigenvalue weighted by atomic mass is 35.5. The number of benzene rings is 2. The predicted octanol–water partition coefficient (Wildman–Crippen LogP) is 4.64. The molecule has 0 aromatic heterocycles. The number of hydrogen-bond acceptors (Lipinski definition) is 3. The number of anilines is 1. The molecule has 1 aliphatic carbocycles. The molecule has 136 valence electrons. The summed E-state index contributed by atoms with van der Waals surface area (Å²) in [6, 6.07) is 15.2. The first-order valence-corrected chi connectivity index (χ1v) is 9.48. The Bertz CT molecular complexity index is 771. The molecule has 3 atom stereocenters. The molecular formula is C21H22ClNO3. The van der Waals surface area contributed by atoms with E-state index in [0.29, 0.717) is 6.61 Å². The molecule has 2 fully saturated rings. The van der Waals surface area contributed by atoms with E-state index < -0.39 is 0 Å². The number of amides is 1. The van der Waals surface area contributed by atoms with Gasteiger partial charge in [0.05, 0.1) is 6.10 Å². The van der Waals surface area contributed by atoms with Gasteiger partial charge in [0.25, 0.3) is 0 Å². The highest BCUT2D eigenvalue weighted by molar-refractivity contribution is 6.31. The Kier molecular flexibility index (Phi) is 5.14. The van der Waals surface area contributed by atoms with Crippen LogP contribution in [0.25, 0.3) is 0 Å². The molecule has 4 nitrogen and oxygen atoms in total. The lowest BCUT2D eigenvalue weighted by Gasteiger charge is -2.12. The van der Waals surface area contributed by atoms with Gasteiger partial charge < -0.3 is 14.8 Å². The van der Waals surface area contributed by atoms with Crippen molar-refractivity contribution < 1.29 is 14.3 Å². The number of ether oxygens (including phenoxy) is 2. The fourth-order valence-corrected chi connectivity index (χ4v) is 3.71. The van der Waals surface area contributed by atoms with Crippen LogP contribution in [0.15, 0.2) is 48.5 Å². The fourth-order valence-electron chi connectivity index (χ4n) is 3.44. The Morgan fingerprint density at radius 2 is 2.00 bits per heavy atom. The van der Waals surface area contributed by atoms with Crippen LogP contribution >= 0.6 is 11.6 Å². The van der Waals surface area contributed by atoms with Crippen molar-refractivity contribution >= 4 is 23.2 Å². The van der Waals surface area contributed by atoms with Crippen molar-refractivity contribution in [1.29, 1.82) is 0 Å². The second-order valence-corrected chi connectivity index (χ2v) is 7.34. The molecule has 2 aliphatic rings. The average Bonchev–Trinajstić information content (AvgIpc) is 3.28. The molecule has 1 saturated carbocycles. The second-order valence-electron chi connectivity index (χ2n) is 6.93. The third-order valence-electron chi connectivity index (χ3n) is 5.01. The molecule has 3 unspecified atom stereocenters. The Hall–Kier alpha value is -2.04. The maximum absolute atomic E-state index is 12.5. The molecular weight excluding hydrogens is 350 g/mol. The summed E-state index contributed by atoms with van der Waals surface area (Å²) in [5.74, 6) is 1.05. The SMILES string of the molecule is O=C(Nc1ccc(OCC2CCCO2)cc1)C1CC1c1ccccc1Cl. The molecule has 26 heavy (non-hydrogen) atoms. The van der Waals surface area contributed by atoms with Crippen LogP contribution in [-0.4, -0.2) is 25.2 Å². The minimum atomic E-state index is -0.00894. The standard InChI is InChI=1S/C21H22ClNO3/c22-20-6-2-1-5-17(20)18-12-19(18)21(24)23-14-7-9-15(10-8-14)26-13-16-4-3-11-25-16/h1-2,5-10,16,18-19H,3-4,11-13H2,(H,23,24). The Labute approximate surface area is 158 Å². The summed E-state index contributed by atoms with van der Waals surface area (Å²) in [5, 5.41) is 3.72. The van der Waals surface area contributed by atoms with E-state index in [9.17, 15) is 4.79 Å². The summed E-state index contributed by atoms with van der Waals surface area (Å²) in [5.41, 5.74) is 1.84. The van der Waals surface area contributed by atoms with E-state index in [2.05, 4.69) is 5.32 Å². The largest absolute Gasteiger partial charge is 0.491 e. The zero-order valence-corrected chi connectivity index (χ0v) is 15.2. The predicted molar refractivity (Wildman–Crippen MR) is 102 cm³/mol. The molecule has 0 radical (unpaired) electrons. The van der Waals surface area contributed by atoms with Crippen molar-refractivity contribution in [3.8, 4) is 5.75 Å². The number of hydrogen-bond donors (Lipinski definition) is 1. The number of carbonyl (C=O) groups is 1. The Balaban J connectivity index is 1.29. The number of carbonyl (C=O) groups excluding carboxylic acids is 1. The van der Waals surface area contributed by atoms with Crippen LogP contribution in [0.3, 0.4) is 0 Å². The summed E-state index contributed by atoms with van der Waals surface area (Å²) in [4.78, 5) is 12.5. The minimum absolute atomic E-state index is 0.00894. The van der Waals surface area contributed by atoms with E-state index in [4.69, 9.17) is 21.1 Å². The normalized spacial score (nSPS) is 24.3. The van der Waals surface area contributed by atoms with Gasteiger partial charge in [0.2, 0.25) is 5.91 Å². The number of rotatable bonds is 6. The summed E-state index contributed by atoms with van der Waals surface area (Å²) in [6.07, 6.45) is 3.21. The summed E-state index contributed by atoms with van der Waals surface area (Å²) in [6.45, 7) is 1.41. The van der Waals surface area contributed by atoms with Crippen molar-refractivity contribution in [3.05, 3.63) is 59.1 Å². The van der Waals surface area contributed by atoms with E-state index in [1.54, 1.807) is 0 Å². The minimum Gasteiger partial charge on any atom is -0.491 e. The molecule has 5 heteroatoms. The van der Waals surface area contributed by atoms with Crippen LogP contribution in [0, 0.1) is 5.92 Å². The molecule has 4 rings (SSSR count). The van der Waals surface area contributed by atoms with Crippen molar-refractivity contribution in [2.24, 2.45) is 5.92 Å². The molecule has 1 heterocycles. The Morgan fingerprint density at radius 3 is 2.73 bits per heavy atom. The molecule has 0 spiro atoms. The molecule has 1 amide bonds. The lowest BCUT2D eigenvalue weighted by atomic mass is 10.1. The quantitative estimate of drug-likeness (QED) is 0.804. The summed E-state index contributed by atoms with van der Waals surface area (Å²) in [7, 11) is 0. The van der Waals surface area contributed by atoms with Gasteiger partial charge in [0.15, 0.2) is 0 Å². The van der Waals surface area contributed by atoms with Crippen molar-refractivity contribution in [1.82, 2.24) is 0 Å². The van der Waals surface area contributed by atoms with Gasteiger partial charge in [-0.15, -0.1) is 0 Å². The summed E-state index contributed by atoms with van der Waals surface area (Å²) < 4.78 is 11.3. The van der Waals surface area contributed by atoms with Gasteiger partial charge in [-0.2, -0.15) is 0 Å². The molecule has 1 aliphatic heterocycles. The zero-order valence-electron chi connectivity index (χ0n) is 14.5. The van der Waals surface area contributed by atoms with Crippen LogP contribution in [0.2, 0.25) is 5.02 Å². The van der Waals surface area contributed by atoms with Gasteiger partial charge in [0, 0.05) is 23.2 Å². The maximum atomic E-state index is 12.5. The van der Waals surface area contributed by atoms with Gasteiger partial charge in [-0.3, -0.25) is 4.79 Å². The monoisotopic (exact) mass is 371 g/mol. The van der Waals surface area contributed by atoms with E-state index in [1.165, 1.54) is 0 Å². The van der Waals surface area contributed by atoms with Crippen LogP contribution in [0.5, 0.6) is 5.75 Å². The van der Waals surface area contributed by atoms with E-state index >= 15 is 0 Å². The maximum Gasteiger partial charge on any atom is 0.228 e. The van der Waals surface area contributed by atoms with Gasteiger partial charge in [-0.1, -0.05) is 29.8 Å². The molecule has 1 saturated heterocycles. The Morgan fingerprint density at radius 1 is 1.19 bits per heavy atom. The lowest BCUT2D eigenvalue weighted by molar-refractivity contribution is -0.117. The van der Waals surface area contributed by atoms with Gasteiger partial charge in [-0.05, 0) is 61.1 Å². The van der Waals surface area contributed by atoms with E-state index in [0.717, 1.165) is 47.9 Å². The highest BCUT2D eigenvalue weighted by Crippen LogP contribution is 2.50. The lowest BCUT2D eigenvalue weighted by Crippen LogP contribution is -2.16. The first kappa shape index (κ1) is 17.4. The molecule has 2 aromatic carbocycles. The average molecular weight is 372 g/mol. The third kappa shape index (κ3) is 4.02. The summed E-state index contributed by atoms with van der Waals surface area (Å²) >= 11 is 6.23. The van der Waals surface area contributed by atoms with Crippen LogP contribution < -0.4 is 10.1 Å². The number of halogens is 1. The molecule has 1 N–H and O–H groups in total.